The molecule has 1 saturated carbocycles. The van der Waals surface area contributed by atoms with Crippen molar-refractivity contribution in [3.8, 4) is 0 Å². The molecule has 0 bridgehead atoms. The molecule has 3 heteroatoms. The fraction of sp³-hybridized carbons (Fsp3) is 0.533. The van der Waals surface area contributed by atoms with Gasteiger partial charge in [-0.25, -0.2) is 0 Å². The van der Waals surface area contributed by atoms with E-state index in [1.54, 1.807) is 0 Å². The van der Waals surface area contributed by atoms with Crippen LogP contribution in [0.2, 0.25) is 0 Å². The van der Waals surface area contributed by atoms with Crippen molar-refractivity contribution in [2.45, 2.75) is 24.9 Å². The summed E-state index contributed by atoms with van der Waals surface area (Å²) in [6.07, 6.45) is 3.43. The van der Waals surface area contributed by atoms with Crippen molar-refractivity contribution in [1.29, 1.82) is 0 Å². The summed E-state index contributed by atoms with van der Waals surface area (Å²) in [5.74, 6) is 0.557. The van der Waals surface area contributed by atoms with Crippen LogP contribution in [0.3, 0.4) is 0 Å². The number of carbonyl (C=O) groups excluding carboxylic acids is 1. The first-order chi connectivity index (χ1) is 8.26. The Bertz CT molecular complexity index is 437. The van der Waals surface area contributed by atoms with Crippen molar-refractivity contribution < 1.29 is 4.79 Å². The van der Waals surface area contributed by atoms with Gasteiger partial charge in [-0.3, -0.25) is 0 Å². The van der Waals surface area contributed by atoms with Crippen LogP contribution in [-0.2, 0) is 0 Å². The number of ketones is 1. The molecule has 0 heterocycles. The van der Waals surface area contributed by atoms with Crippen LogP contribution in [0.1, 0.15) is 29.6 Å². The molecule has 0 aromatic heterocycles. The van der Waals surface area contributed by atoms with Gasteiger partial charge in [0.05, 0.1) is 0 Å². The molecule has 0 radical (unpaired) electrons. The first-order valence-corrected chi connectivity index (χ1v) is 12.2. The van der Waals surface area contributed by atoms with Crippen LogP contribution in [0, 0.1) is 5.92 Å². The molecule has 0 aliphatic heterocycles. The van der Waals surface area contributed by atoms with E-state index < -0.39 is 5.31 Å². The van der Waals surface area contributed by atoms with E-state index in [0.29, 0.717) is 11.4 Å². The quantitative estimate of drug-likeness (QED) is 0.575. The van der Waals surface area contributed by atoms with Gasteiger partial charge in [-0.15, -0.1) is 0 Å². The van der Waals surface area contributed by atoms with E-state index in [1.165, 1.54) is 12.8 Å². The van der Waals surface area contributed by atoms with Crippen molar-refractivity contribution in [2.75, 3.05) is 20.0 Å². The summed E-state index contributed by atoms with van der Waals surface area (Å²) < 4.78 is 0. The number of carbonyl (C=O) groups is 1. The minimum absolute atomic E-state index is 0.212. The van der Waals surface area contributed by atoms with Crippen LogP contribution in [-0.4, -0.2) is 31.4 Å². The molecule has 0 spiro atoms. The molecule has 18 heavy (non-hydrogen) atoms. The van der Waals surface area contributed by atoms with Gasteiger partial charge in [0.2, 0.25) is 0 Å². The van der Waals surface area contributed by atoms with Gasteiger partial charge in [-0.05, 0) is 0 Å². The van der Waals surface area contributed by atoms with Gasteiger partial charge in [0.15, 0.2) is 0 Å². The maximum atomic E-state index is 12.6. The van der Waals surface area contributed by atoms with Crippen molar-refractivity contribution in [3.63, 3.8) is 0 Å². The topological polar surface area (TPSA) is 17.1 Å². The Labute approximate surface area is 118 Å². The van der Waals surface area contributed by atoms with Crippen LogP contribution in [0.15, 0.2) is 30.3 Å². The number of Topliss-reactive ketones (excluding diaryl/α,β-unsaturated/α-hetero) is 1. The molecule has 2 unspecified atom stereocenters. The summed E-state index contributed by atoms with van der Waals surface area (Å²) in [7, 11) is 0. The van der Waals surface area contributed by atoms with E-state index in [-0.39, 0.29) is 5.92 Å². The molecule has 100 valence electrons. The van der Waals surface area contributed by atoms with E-state index in [0.717, 1.165) is 12.0 Å². The zero-order chi connectivity index (χ0) is 13.4. The third-order valence-corrected chi connectivity index (χ3v) is 8.43. The van der Waals surface area contributed by atoms with Gasteiger partial charge in [-0.1, -0.05) is 0 Å². The van der Waals surface area contributed by atoms with Crippen LogP contribution in [0.25, 0.3) is 0 Å². The summed E-state index contributed by atoms with van der Waals surface area (Å²) in [5, 5.41) is -1.86. The van der Waals surface area contributed by atoms with E-state index in [2.05, 4.69) is 35.5 Å². The summed E-state index contributed by atoms with van der Waals surface area (Å²) in [5.41, 5.74) is 1.41. The van der Waals surface area contributed by atoms with Crippen molar-refractivity contribution in [3.05, 3.63) is 35.9 Å². The Morgan fingerprint density at radius 2 is 1.78 bits per heavy atom. The van der Waals surface area contributed by atoms with Gasteiger partial charge < -0.3 is 0 Å². The molecule has 2 rings (SSSR count). The number of hydrogen-bond donors (Lipinski definition) is 0. The van der Waals surface area contributed by atoms with Crippen LogP contribution in [0.4, 0.5) is 0 Å². The summed E-state index contributed by atoms with van der Waals surface area (Å²) >= 11 is 3.97. The second kappa shape index (κ2) is 4.72. The van der Waals surface area contributed by atoms with Gasteiger partial charge in [0, 0.05) is 0 Å². The van der Waals surface area contributed by atoms with Crippen molar-refractivity contribution in [1.82, 2.24) is 0 Å². The van der Waals surface area contributed by atoms with Crippen LogP contribution in [0.5, 0.6) is 0 Å². The summed E-state index contributed by atoms with van der Waals surface area (Å²) in [4.78, 5) is 12.6. The second-order valence-corrected chi connectivity index (χ2v) is 20.3. The zero-order valence-corrected chi connectivity index (χ0v) is 13.9. The molecule has 1 aliphatic rings. The monoisotopic (exact) mass is 328 g/mol. The normalized spacial score (nSPS) is 26.6. The standard InChI is InChI=1S/C15H22BrOP/c1-18(2,3,16)14-11-7-10-13(14)15(17)12-8-5-4-6-9-12/h4-6,8-9,13-14H,7,10-11H2,1-3H3. The molecule has 1 aromatic rings. The predicted molar refractivity (Wildman–Crippen MR) is 85.5 cm³/mol. The Morgan fingerprint density at radius 3 is 2.33 bits per heavy atom. The zero-order valence-electron chi connectivity index (χ0n) is 11.4. The average Bonchev–Trinajstić information content (AvgIpc) is 2.77. The van der Waals surface area contributed by atoms with E-state index in [4.69, 9.17) is 0 Å². The molecule has 2 atom stereocenters. The first kappa shape index (κ1) is 14.2. The third kappa shape index (κ3) is 3.03. The fourth-order valence-electron chi connectivity index (χ4n) is 3.11. The minimum atomic E-state index is -1.86. The van der Waals surface area contributed by atoms with Gasteiger partial charge in [0.1, 0.15) is 0 Å². The SMILES string of the molecule is CP(C)(C)(Br)C1CCCC1C(=O)c1ccccc1. The van der Waals surface area contributed by atoms with Gasteiger partial charge >= 0.3 is 118 Å². The van der Waals surface area contributed by atoms with E-state index in [1.807, 2.05) is 30.3 Å². The Morgan fingerprint density at radius 1 is 1.17 bits per heavy atom. The summed E-state index contributed by atoms with van der Waals surface area (Å²) in [6.45, 7) is 6.98. The number of benzene rings is 1. The van der Waals surface area contributed by atoms with E-state index in [9.17, 15) is 4.79 Å². The Hall–Kier alpha value is -0.200. The second-order valence-electron chi connectivity index (χ2n) is 6.56. The van der Waals surface area contributed by atoms with Crippen molar-refractivity contribution >= 4 is 26.6 Å². The Balaban J connectivity index is 2.26. The summed E-state index contributed by atoms with van der Waals surface area (Å²) in [6, 6.07) is 9.76. The third-order valence-electron chi connectivity index (χ3n) is 3.99. The molecule has 1 aromatic carbocycles. The molecule has 0 amide bonds. The van der Waals surface area contributed by atoms with Crippen molar-refractivity contribution in [2.24, 2.45) is 5.92 Å². The molecule has 1 fully saturated rings. The average molecular weight is 329 g/mol. The first-order valence-electron chi connectivity index (χ1n) is 6.57. The number of rotatable bonds is 3. The molecule has 0 saturated heterocycles. The van der Waals surface area contributed by atoms with Gasteiger partial charge in [-0.2, -0.15) is 0 Å². The fourth-order valence-corrected chi connectivity index (χ4v) is 7.13. The van der Waals surface area contributed by atoms with Crippen LogP contribution >= 0.6 is 20.8 Å². The van der Waals surface area contributed by atoms with Gasteiger partial charge in [0.25, 0.3) is 0 Å². The molecular formula is C15H22BrOP. The van der Waals surface area contributed by atoms with E-state index >= 15 is 0 Å². The number of hydrogen-bond acceptors (Lipinski definition) is 1. The Kier molecular flexibility index (Phi) is 3.73. The van der Waals surface area contributed by atoms with Crippen LogP contribution < -0.4 is 0 Å². The molecule has 1 nitrogen and oxygen atoms in total. The molecular weight excluding hydrogens is 307 g/mol. The predicted octanol–water partition coefficient (Wildman–Crippen LogP) is 4.79. The number of halogens is 1. The maximum absolute atomic E-state index is 12.6. The molecule has 0 N–H and O–H groups in total. The molecule has 1 aliphatic carbocycles.